The number of hydrogen-bond donors (Lipinski definition) is 1. The van der Waals surface area contributed by atoms with E-state index >= 15 is 0 Å². The molecule has 1 aromatic heterocycles. The average Bonchev–Trinajstić information content (AvgIpc) is 2.93. The van der Waals surface area contributed by atoms with E-state index in [9.17, 15) is 18.8 Å². The molecular formula is C18H21FN2O4S. The molecular weight excluding hydrogens is 359 g/mol. The van der Waals surface area contributed by atoms with Crippen LogP contribution in [0.2, 0.25) is 0 Å². The van der Waals surface area contributed by atoms with E-state index in [-0.39, 0.29) is 23.1 Å². The lowest BCUT2D eigenvalue weighted by Gasteiger charge is -2.23. The van der Waals surface area contributed by atoms with Crippen LogP contribution >= 0.6 is 11.3 Å². The summed E-state index contributed by atoms with van der Waals surface area (Å²) in [5.74, 6) is -1.84. The third kappa shape index (κ3) is 5.52. The summed E-state index contributed by atoms with van der Waals surface area (Å²) < 4.78 is 19.0. The number of hydrogen-bond acceptors (Lipinski definition) is 5. The quantitative estimate of drug-likeness (QED) is 0.809. The fourth-order valence-electron chi connectivity index (χ4n) is 2.18. The molecule has 0 atom stereocenters. The maximum atomic E-state index is 13.2. The highest BCUT2D eigenvalue weighted by Gasteiger charge is 2.19. The molecule has 0 fully saturated rings. The Morgan fingerprint density at radius 3 is 2.58 bits per heavy atom. The van der Waals surface area contributed by atoms with Crippen LogP contribution in [0.4, 0.5) is 4.39 Å². The molecule has 0 saturated carbocycles. The van der Waals surface area contributed by atoms with Crippen LogP contribution < -0.4 is 5.32 Å². The fraction of sp³-hybridized carbons (Fsp3) is 0.389. The number of benzene rings is 1. The molecule has 140 valence electrons. The third-order valence-corrected chi connectivity index (χ3v) is 4.42. The van der Waals surface area contributed by atoms with Gasteiger partial charge in [-0.3, -0.25) is 9.59 Å². The maximum absolute atomic E-state index is 13.2. The Kier molecular flexibility index (Phi) is 5.97. The zero-order chi connectivity index (χ0) is 19.5. The van der Waals surface area contributed by atoms with Crippen molar-refractivity contribution in [1.29, 1.82) is 0 Å². The van der Waals surface area contributed by atoms with Gasteiger partial charge in [0.1, 0.15) is 10.7 Å². The molecule has 1 heterocycles. The number of carbonyl (C=O) groups is 3. The van der Waals surface area contributed by atoms with Gasteiger partial charge >= 0.3 is 5.97 Å². The highest BCUT2D eigenvalue weighted by molar-refractivity contribution is 7.20. The van der Waals surface area contributed by atoms with E-state index in [1.807, 2.05) is 20.8 Å². The second-order valence-electron chi connectivity index (χ2n) is 6.92. The van der Waals surface area contributed by atoms with Crippen LogP contribution in [0.3, 0.4) is 0 Å². The van der Waals surface area contributed by atoms with E-state index < -0.39 is 24.0 Å². The molecule has 0 unspecified atom stereocenters. The molecule has 26 heavy (non-hydrogen) atoms. The molecule has 2 rings (SSSR count). The Balaban J connectivity index is 1.89. The van der Waals surface area contributed by atoms with Crippen molar-refractivity contribution in [3.63, 3.8) is 0 Å². The maximum Gasteiger partial charge on any atom is 0.348 e. The highest BCUT2D eigenvalue weighted by Crippen LogP contribution is 2.26. The molecule has 0 aliphatic rings. The van der Waals surface area contributed by atoms with E-state index in [4.69, 9.17) is 4.74 Å². The minimum atomic E-state index is -0.660. The SMILES string of the molecule is CN(CC(=O)NC(C)(C)C)C(=O)COC(=O)c1cc2cc(F)ccc2s1. The number of nitrogens with one attached hydrogen (secondary N) is 1. The van der Waals surface area contributed by atoms with Gasteiger partial charge < -0.3 is 15.0 Å². The number of nitrogens with zero attached hydrogens (tertiary/aromatic N) is 1. The Bertz CT molecular complexity index is 841. The molecule has 0 saturated heterocycles. The number of rotatable bonds is 5. The number of esters is 1. The molecule has 0 radical (unpaired) electrons. The van der Waals surface area contributed by atoms with Crippen molar-refractivity contribution in [3.8, 4) is 0 Å². The minimum Gasteiger partial charge on any atom is -0.451 e. The van der Waals surface area contributed by atoms with Crippen molar-refractivity contribution in [1.82, 2.24) is 10.2 Å². The van der Waals surface area contributed by atoms with Crippen LogP contribution in [-0.4, -0.2) is 48.4 Å². The summed E-state index contributed by atoms with van der Waals surface area (Å²) in [5, 5.41) is 3.35. The fourth-order valence-corrected chi connectivity index (χ4v) is 3.12. The molecule has 8 heteroatoms. The zero-order valence-electron chi connectivity index (χ0n) is 15.1. The number of halogens is 1. The van der Waals surface area contributed by atoms with Gasteiger partial charge in [-0.05, 0) is 50.4 Å². The Morgan fingerprint density at radius 1 is 1.23 bits per heavy atom. The second kappa shape index (κ2) is 7.82. The highest BCUT2D eigenvalue weighted by atomic mass is 32.1. The Labute approximate surface area is 154 Å². The first kappa shape index (κ1) is 19.8. The number of fused-ring (bicyclic) bond motifs is 1. The van der Waals surface area contributed by atoms with E-state index in [0.29, 0.717) is 5.39 Å². The molecule has 2 amide bonds. The number of thiophene rings is 1. The van der Waals surface area contributed by atoms with Crippen molar-refractivity contribution < 1.29 is 23.5 Å². The summed E-state index contributed by atoms with van der Waals surface area (Å²) >= 11 is 1.16. The Morgan fingerprint density at radius 2 is 1.92 bits per heavy atom. The van der Waals surface area contributed by atoms with E-state index in [1.165, 1.54) is 30.1 Å². The first-order valence-electron chi connectivity index (χ1n) is 7.96. The normalized spacial score (nSPS) is 11.3. The summed E-state index contributed by atoms with van der Waals surface area (Å²) in [4.78, 5) is 37.4. The zero-order valence-corrected chi connectivity index (χ0v) is 15.9. The third-order valence-electron chi connectivity index (χ3n) is 3.33. The van der Waals surface area contributed by atoms with Crippen LogP contribution in [0.15, 0.2) is 24.3 Å². The lowest BCUT2D eigenvalue weighted by molar-refractivity contribution is -0.137. The average molecular weight is 380 g/mol. The largest absolute Gasteiger partial charge is 0.451 e. The number of amides is 2. The summed E-state index contributed by atoms with van der Waals surface area (Å²) in [6, 6.07) is 5.75. The van der Waals surface area contributed by atoms with Crippen molar-refractivity contribution in [2.24, 2.45) is 0 Å². The van der Waals surface area contributed by atoms with Gasteiger partial charge in [-0.1, -0.05) is 0 Å². The lowest BCUT2D eigenvalue weighted by Crippen LogP contribution is -2.46. The summed E-state index contributed by atoms with van der Waals surface area (Å²) in [6.45, 7) is 4.92. The van der Waals surface area contributed by atoms with Gasteiger partial charge in [-0.2, -0.15) is 0 Å². The van der Waals surface area contributed by atoms with Crippen LogP contribution in [0, 0.1) is 5.82 Å². The molecule has 0 bridgehead atoms. The molecule has 0 aliphatic heterocycles. The van der Waals surface area contributed by atoms with E-state index in [0.717, 1.165) is 16.0 Å². The van der Waals surface area contributed by atoms with Gasteiger partial charge in [0, 0.05) is 17.3 Å². The summed E-state index contributed by atoms with van der Waals surface area (Å²) in [6.07, 6.45) is 0. The molecule has 6 nitrogen and oxygen atoms in total. The Hall–Kier alpha value is -2.48. The van der Waals surface area contributed by atoms with Crippen molar-refractivity contribution in [2.45, 2.75) is 26.3 Å². The van der Waals surface area contributed by atoms with Gasteiger partial charge in [-0.15, -0.1) is 11.3 Å². The van der Waals surface area contributed by atoms with Gasteiger partial charge in [0.05, 0.1) is 6.54 Å². The monoisotopic (exact) mass is 380 g/mol. The number of carbonyl (C=O) groups excluding carboxylic acids is 3. The first-order chi connectivity index (χ1) is 12.0. The van der Waals surface area contributed by atoms with E-state index in [2.05, 4.69) is 5.32 Å². The molecule has 2 aromatic rings. The summed E-state index contributed by atoms with van der Waals surface area (Å²) in [7, 11) is 1.46. The van der Waals surface area contributed by atoms with Crippen molar-refractivity contribution in [3.05, 3.63) is 35.0 Å². The van der Waals surface area contributed by atoms with Gasteiger partial charge in [0.25, 0.3) is 5.91 Å². The predicted octanol–water partition coefficient (Wildman–Crippen LogP) is 2.57. The number of ether oxygens (including phenoxy) is 1. The van der Waals surface area contributed by atoms with Gasteiger partial charge in [0.2, 0.25) is 5.91 Å². The molecule has 0 aliphatic carbocycles. The van der Waals surface area contributed by atoms with Crippen LogP contribution in [0.5, 0.6) is 0 Å². The lowest BCUT2D eigenvalue weighted by atomic mass is 10.1. The standard InChI is InChI=1S/C18H21FN2O4S/c1-18(2,3)20-15(22)9-21(4)16(23)10-25-17(24)14-8-11-7-12(19)5-6-13(11)26-14/h5-8H,9-10H2,1-4H3,(H,20,22). The predicted molar refractivity (Wildman–Crippen MR) is 97.6 cm³/mol. The summed E-state index contributed by atoms with van der Waals surface area (Å²) in [5.41, 5.74) is -0.395. The van der Waals surface area contributed by atoms with Crippen LogP contribution in [0.1, 0.15) is 30.4 Å². The van der Waals surface area contributed by atoms with Crippen LogP contribution in [-0.2, 0) is 14.3 Å². The van der Waals surface area contributed by atoms with Crippen molar-refractivity contribution >= 4 is 39.2 Å². The van der Waals surface area contributed by atoms with Gasteiger partial charge in [-0.25, -0.2) is 9.18 Å². The molecule has 1 aromatic carbocycles. The second-order valence-corrected chi connectivity index (χ2v) is 8.00. The van der Waals surface area contributed by atoms with Crippen molar-refractivity contribution in [2.75, 3.05) is 20.2 Å². The van der Waals surface area contributed by atoms with Crippen LogP contribution in [0.25, 0.3) is 10.1 Å². The topological polar surface area (TPSA) is 75.7 Å². The molecule has 1 N–H and O–H groups in total. The minimum absolute atomic E-state index is 0.129. The first-order valence-corrected chi connectivity index (χ1v) is 8.78. The van der Waals surface area contributed by atoms with E-state index in [1.54, 1.807) is 6.07 Å². The smallest absolute Gasteiger partial charge is 0.348 e. The number of likely N-dealkylation sites (N-methyl/N-ethyl adjacent to an activating group) is 1. The van der Waals surface area contributed by atoms with Gasteiger partial charge in [0.15, 0.2) is 6.61 Å². The molecule has 0 spiro atoms.